The lowest BCUT2D eigenvalue weighted by Crippen LogP contribution is -2.43. The van der Waals surface area contributed by atoms with Crippen LogP contribution in [0.4, 0.5) is 0 Å². The van der Waals surface area contributed by atoms with E-state index in [0.717, 1.165) is 31.7 Å². The van der Waals surface area contributed by atoms with E-state index in [1.807, 2.05) is 6.92 Å². The molecule has 1 aromatic heterocycles. The number of nitrogens with one attached hydrogen (secondary N) is 1. The Morgan fingerprint density at radius 3 is 2.76 bits per heavy atom. The molecular weight excluding hydrogens is 344 g/mol. The molecule has 1 saturated heterocycles. The predicted octanol–water partition coefficient (Wildman–Crippen LogP) is 2.18. The molecule has 1 atom stereocenters. The molecule has 134 valence electrons. The lowest BCUT2D eigenvalue weighted by molar-refractivity contribution is 0.0698. The zero-order chi connectivity index (χ0) is 18.2. The second-order valence-electron chi connectivity index (χ2n) is 6.23. The van der Waals surface area contributed by atoms with Crippen molar-refractivity contribution >= 4 is 26.9 Å². The molecule has 0 amide bonds. The molecule has 0 saturated carbocycles. The van der Waals surface area contributed by atoms with Crippen LogP contribution in [-0.4, -0.2) is 41.4 Å². The molecule has 7 nitrogen and oxygen atoms in total. The fraction of sp³-hybridized carbons (Fsp3) is 0.412. The molecule has 3 rings (SSSR count). The SMILES string of the molecule is CCC1CCCCN1S(=O)(=O)c1ccc2[nH]c(=O)cc(C(=O)O)c2c1. The number of pyridine rings is 1. The lowest BCUT2D eigenvalue weighted by atomic mass is 10.0. The summed E-state index contributed by atoms with van der Waals surface area (Å²) in [7, 11) is -3.72. The first-order chi connectivity index (χ1) is 11.8. The highest BCUT2D eigenvalue weighted by molar-refractivity contribution is 7.89. The van der Waals surface area contributed by atoms with Crippen LogP contribution in [0.3, 0.4) is 0 Å². The van der Waals surface area contributed by atoms with Gasteiger partial charge in [0.15, 0.2) is 0 Å². The Morgan fingerprint density at radius 1 is 1.32 bits per heavy atom. The molecule has 1 aliphatic heterocycles. The van der Waals surface area contributed by atoms with E-state index in [1.54, 1.807) is 0 Å². The molecule has 1 aromatic carbocycles. The molecule has 0 spiro atoms. The van der Waals surface area contributed by atoms with E-state index in [-0.39, 0.29) is 21.9 Å². The van der Waals surface area contributed by atoms with Crippen molar-refractivity contribution < 1.29 is 18.3 Å². The first-order valence-electron chi connectivity index (χ1n) is 8.27. The van der Waals surface area contributed by atoms with Gasteiger partial charge in [0.05, 0.1) is 10.5 Å². The predicted molar refractivity (Wildman–Crippen MR) is 93.3 cm³/mol. The topological polar surface area (TPSA) is 108 Å². The van der Waals surface area contributed by atoms with E-state index < -0.39 is 21.6 Å². The van der Waals surface area contributed by atoms with Gasteiger partial charge in [-0.2, -0.15) is 4.31 Å². The molecule has 25 heavy (non-hydrogen) atoms. The van der Waals surface area contributed by atoms with Crippen LogP contribution in [0.25, 0.3) is 10.9 Å². The van der Waals surface area contributed by atoms with Crippen molar-refractivity contribution in [3.8, 4) is 0 Å². The molecule has 2 aromatic rings. The van der Waals surface area contributed by atoms with Crippen molar-refractivity contribution in [1.82, 2.24) is 9.29 Å². The normalized spacial score (nSPS) is 19.2. The van der Waals surface area contributed by atoms with E-state index in [2.05, 4.69) is 4.98 Å². The number of H-pyrrole nitrogens is 1. The van der Waals surface area contributed by atoms with Gasteiger partial charge in [0.1, 0.15) is 0 Å². The first-order valence-corrected chi connectivity index (χ1v) is 9.71. The molecule has 8 heteroatoms. The van der Waals surface area contributed by atoms with Gasteiger partial charge in [-0.15, -0.1) is 0 Å². The molecule has 2 N–H and O–H groups in total. The fourth-order valence-corrected chi connectivity index (χ4v) is 5.20. The highest BCUT2D eigenvalue weighted by atomic mass is 32.2. The van der Waals surface area contributed by atoms with Gasteiger partial charge in [0, 0.05) is 29.6 Å². The summed E-state index contributed by atoms with van der Waals surface area (Å²) in [4.78, 5) is 25.6. The number of carboxylic acids is 1. The number of aromatic carboxylic acids is 1. The van der Waals surface area contributed by atoms with Crippen LogP contribution in [0.15, 0.2) is 34.0 Å². The highest BCUT2D eigenvalue weighted by Crippen LogP contribution is 2.29. The van der Waals surface area contributed by atoms with Crippen molar-refractivity contribution in [2.24, 2.45) is 0 Å². The Balaban J connectivity index is 2.15. The number of hydrogen-bond donors (Lipinski definition) is 2. The fourth-order valence-electron chi connectivity index (χ4n) is 3.40. The minimum Gasteiger partial charge on any atom is -0.478 e. The summed E-state index contributed by atoms with van der Waals surface area (Å²) < 4.78 is 27.6. The van der Waals surface area contributed by atoms with E-state index in [1.165, 1.54) is 22.5 Å². The zero-order valence-electron chi connectivity index (χ0n) is 13.9. The number of rotatable bonds is 4. The summed E-state index contributed by atoms with van der Waals surface area (Å²) in [6, 6.07) is 5.13. The minimum absolute atomic E-state index is 0.0380. The van der Waals surface area contributed by atoms with Gasteiger partial charge in [-0.3, -0.25) is 4.79 Å². The molecule has 0 radical (unpaired) electrons. The Kier molecular flexibility index (Phi) is 4.66. The van der Waals surface area contributed by atoms with Gasteiger partial charge in [-0.25, -0.2) is 13.2 Å². The molecule has 0 bridgehead atoms. The Hall–Kier alpha value is -2.19. The van der Waals surface area contributed by atoms with E-state index >= 15 is 0 Å². The average Bonchev–Trinajstić information content (AvgIpc) is 2.60. The third-order valence-corrected chi connectivity index (χ3v) is 6.64. The van der Waals surface area contributed by atoms with Crippen molar-refractivity contribution in [2.45, 2.75) is 43.5 Å². The van der Waals surface area contributed by atoms with Gasteiger partial charge in [0.25, 0.3) is 0 Å². The third kappa shape index (κ3) is 3.19. The van der Waals surface area contributed by atoms with Crippen molar-refractivity contribution in [2.75, 3.05) is 6.54 Å². The Morgan fingerprint density at radius 2 is 2.08 bits per heavy atom. The first kappa shape index (κ1) is 17.6. The number of fused-ring (bicyclic) bond motifs is 1. The van der Waals surface area contributed by atoms with Crippen LogP contribution in [0, 0.1) is 0 Å². The van der Waals surface area contributed by atoms with E-state index in [9.17, 15) is 23.1 Å². The minimum atomic E-state index is -3.72. The summed E-state index contributed by atoms with van der Waals surface area (Å²) >= 11 is 0. The number of carbonyl (C=O) groups is 1. The Labute approximate surface area is 145 Å². The number of aromatic amines is 1. The number of piperidine rings is 1. The lowest BCUT2D eigenvalue weighted by Gasteiger charge is -2.34. The number of sulfonamides is 1. The second-order valence-corrected chi connectivity index (χ2v) is 8.12. The van der Waals surface area contributed by atoms with Crippen molar-refractivity contribution in [3.05, 3.63) is 40.2 Å². The summed E-state index contributed by atoms with van der Waals surface area (Å²) in [5.74, 6) is -1.27. The van der Waals surface area contributed by atoms with Crippen LogP contribution in [0.2, 0.25) is 0 Å². The van der Waals surface area contributed by atoms with Crippen LogP contribution in [0.5, 0.6) is 0 Å². The van der Waals surface area contributed by atoms with Crippen LogP contribution < -0.4 is 5.56 Å². The number of nitrogens with zero attached hydrogens (tertiary/aromatic N) is 1. The van der Waals surface area contributed by atoms with Gasteiger partial charge in [0.2, 0.25) is 15.6 Å². The summed E-state index contributed by atoms with van der Waals surface area (Å²) in [6.07, 6.45) is 3.39. The highest BCUT2D eigenvalue weighted by Gasteiger charge is 2.32. The quantitative estimate of drug-likeness (QED) is 0.864. The largest absolute Gasteiger partial charge is 0.478 e. The number of aromatic nitrogens is 1. The van der Waals surface area contributed by atoms with Gasteiger partial charge in [-0.1, -0.05) is 13.3 Å². The number of benzene rings is 1. The second kappa shape index (κ2) is 6.61. The van der Waals surface area contributed by atoms with Crippen molar-refractivity contribution in [1.29, 1.82) is 0 Å². The number of carboxylic acid groups (broad SMARTS) is 1. The molecule has 1 unspecified atom stereocenters. The van der Waals surface area contributed by atoms with Gasteiger partial charge in [-0.05, 0) is 37.5 Å². The standard InChI is InChI=1S/C17H20N2O5S/c1-2-11-5-3-4-8-19(11)25(23,24)12-6-7-15-13(9-12)14(17(21)22)10-16(20)18-15/h6-7,9-11H,2-5,8H2,1H3,(H,18,20)(H,21,22). The summed E-state index contributed by atoms with van der Waals surface area (Å²) in [5.41, 5.74) is -0.446. The van der Waals surface area contributed by atoms with Crippen LogP contribution >= 0.6 is 0 Å². The van der Waals surface area contributed by atoms with E-state index in [4.69, 9.17) is 0 Å². The van der Waals surface area contributed by atoms with Crippen LogP contribution in [-0.2, 0) is 10.0 Å². The molecule has 1 aliphatic rings. The summed E-state index contributed by atoms with van der Waals surface area (Å²) in [5, 5.41) is 9.52. The maximum absolute atomic E-state index is 13.1. The van der Waals surface area contributed by atoms with Crippen molar-refractivity contribution in [3.63, 3.8) is 0 Å². The monoisotopic (exact) mass is 364 g/mol. The van der Waals surface area contributed by atoms with Gasteiger partial charge < -0.3 is 10.1 Å². The Bertz CT molecular complexity index is 980. The van der Waals surface area contributed by atoms with Crippen LogP contribution in [0.1, 0.15) is 43.0 Å². The maximum atomic E-state index is 13.1. The number of hydrogen-bond acceptors (Lipinski definition) is 4. The molecule has 2 heterocycles. The average molecular weight is 364 g/mol. The third-order valence-electron chi connectivity index (χ3n) is 4.70. The zero-order valence-corrected chi connectivity index (χ0v) is 14.7. The molecule has 1 fully saturated rings. The summed E-state index contributed by atoms with van der Waals surface area (Å²) in [6.45, 7) is 2.43. The smallest absolute Gasteiger partial charge is 0.336 e. The van der Waals surface area contributed by atoms with Gasteiger partial charge >= 0.3 is 5.97 Å². The molecular formula is C17H20N2O5S. The molecule has 0 aliphatic carbocycles. The maximum Gasteiger partial charge on any atom is 0.336 e. The van der Waals surface area contributed by atoms with E-state index in [0.29, 0.717) is 12.1 Å².